The van der Waals surface area contributed by atoms with Crippen molar-refractivity contribution in [2.45, 2.75) is 57.0 Å². The van der Waals surface area contributed by atoms with Crippen LogP contribution in [0.5, 0.6) is 0 Å². The van der Waals surface area contributed by atoms with Crippen LogP contribution < -0.4 is 5.32 Å². The van der Waals surface area contributed by atoms with E-state index in [0.29, 0.717) is 12.0 Å². The Labute approximate surface area is 105 Å². The zero-order chi connectivity index (χ0) is 12.3. The number of rotatable bonds is 5. The molecule has 2 rings (SSSR count). The lowest BCUT2D eigenvalue weighted by molar-refractivity contribution is 0.109. The third kappa shape index (κ3) is 2.64. The SMILES string of the molecule is CCC1CCCCN1CC(C#N)(NC)C1CC1. The molecule has 2 atom stereocenters. The molecule has 2 aliphatic rings. The number of hydrogen-bond donors (Lipinski definition) is 1. The van der Waals surface area contributed by atoms with Crippen LogP contribution in [-0.2, 0) is 0 Å². The van der Waals surface area contributed by atoms with Gasteiger partial charge in [-0.3, -0.25) is 4.90 Å². The van der Waals surface area contributed by atoms with Gasteiger partial charge in [0, 0.05) is 12.6 Å². The molecule has 17 heavy (non-hydrogen) atoms. The molecule has 2 fully saturated rings. The van der Waals surface area contributed by atoms with Crippen molar-refractivity contribution < 1.29 is 0 Å². The highest BCUT2D eigenvalue weighted by molar-refractivity contribution is 5.16. The van der Waals surface area contributed by atoms with Crippen LogP contribution in [0.2, 0.25) is 0 Å². The lowest BCUT2D eigenvalue weighted by Crippen LogP contribution is -2.56. The topological polar surface area (TPSA) is 39.1 Å². The summed E-state index contributed by atoms with van der Waals surface area (Å²) in [5.41, 5.74) is -0.287. The van der Waals surface area contributed by atoms with Crippen molar-refractivity contribution in [3.05, 3.63) is 0 Å². The van der Waals surface area contributed by atoms with E-state index < -0.39 is 0 Å². The number of piperidine rings is 1. The van der Waals surface area contributed by atoms with Gasteiger partial charge in [0.2, 0.25) is 0 Å². The first kappa shape index (κ1) is 12.9. The van der Waals surface area contributed by atoms with Crippen LogP contribution >= 0.6 is 0 Å². The number of likely N-dealkylation sites (N-methyl/N-ethyl adjacent to an activating group) is 1. The zero-order valence-electron chi connectivity index (χ0n) is 11.2. The maximum absolute atomic E-state index is 9.54. The summed E-state index contributed by atoms with van der Waals surface area (Å²) in [6.07, 6.45) is 7.63. The maximum atomic E-state index is 9.54. The van der Waals surface area contributed by atoms with Gasteiger partial charge in [0.1, 0.15) is 5.54 Å². The molecule has 0 spiro atoms. The molecule has 0 aromatic heterocycles. The predicted octanol–water partition coefficient (Wildman–Crippen LogP) is 2.14. The van der Waals surface area contributed by atoms with Gasteiger partial charge in [0.15, 0.2) is 0 Å². The molecule has 1 aliphatic heterocycles. The quantitative estimate of drug-likeness (QED) is 0.793. The fourth-order valence-corrected chi connectivity index (χ4v) is 3.22. The highest BCUT2D eigenvalue weighted by Crippen LogP contribution is 2.40. The molecule has 0 aromatic carbocycles. The van der Waals surface area contributed by atoms with Gasteiger partial charge < -0.3 is 5.32 Å². The first-order valence-electron chi connectivity index (χ1n) is 7.10. The average molecular weight is 235 g/mol. The van der Waals surface area contributed by atoms with E-state index in [1.807, 2.05) is 7.05 Å². The summed E-state index contributed by atoms with van der Waals surface area (Å²) in [5, 5.41) is 12.9. The van der Waals surface area contributed by atoms with Crippen LogP contribution in [0.25, 0.3) is 0 Å². The van der Waals surface area contributed by atoms with Gasteiger partial charge in [-0.15, -0.1) is 0 Å². The van der Waals surface area contributed by atoms with Crippen LogP contribution in [0, 0.1) is 17.2 Å². The van der Waals surface area contributed by atoms with Crippen LogP contribution in [0.3, 0.4) is 0 Å². The minimum absolute atomic E-state index is 0.287. The van der Waals surface area contributed by atoms with Crippen molar-refractivity contribution in [2.75, 3.05) is 20.1 Å². The molecule has 0 radical (unpaired) electrons. The molecule has 1 saturated heterocycles. The number of nitrogens with one attached hydrogen (secondary N) is 1. The van der Waals surface area contributed by atoms with Gasteiger partial charge in [-0.05, 0) is 51.6 Å². The Kier molecular flexibility index (Phi) is 4.06. The molecule has 3 nitrogen and oxygen atoms in total. The maximum Gasteiger partial charge on any atom is 0.122 e. The average Bonchev–Trinajstić information content (AvgIpc) is 3.21. The molecule has 2 unspecified atom stereocenters. The summed E-state index contributed by atoms with van der Waals surface area (Å²) in [5.74, 6) is 0.580. The molecule has 0 aromatic rings. The third-order valence-electron chi connectivity index (χ3n) is 4.59. The standard InChI is InChI=1S/C14H25N3/c1-3-13-6-4-5-9-17(13)11-14(10-15,16-2)12-7-8-12/h12-13,16H,3-9,11H2,1-2H3. The van der Waals surface area contributed by atoms with E-state index >= 15 is 0 Å². The van der Waals surface area contributed by atoms with Crippen molar-refractivity contribution >= 4 is 0 Å². The Morgan fingerprint density at radius 2 is 2.12 bits per heavy atom. The van der Waals surface area contributed by atoms with Crippen LogP contribution in [-0.4, -0.2) is 36.6 Å². The second kappa shape index (κ2) is 5.37. The van der Waals surface area contributed by atoms with Gasteiger partial charge in [0.25, 0.3) is 0 Å². The number of hydrogen-bond acceptors (Lipinski definition) is 3. The van der Waals surface area contributed by atoms with Crippen LogP contribution in [0.4, 0.5) is 0 Å². The smallest absolute Gasteiger partial charge is 0.122 e. The Morgan fingerprint density at radius 3 is 2.65 bits per heavy atom. The van der Waals surface area contributed by atoms with E-state index in [1.54, 1.807) is 0 Å². The van der Waals surface area contributed by atoms with Crippen LogP contribution in [0.1, 0.15) is 45.4 Å². The van der Waals surface area contributed by atoms with Gasteiger partial charge in [0.05, 0.1) is 6.07 Å². The van der Waals surface area contributed by atoms with Gasteiger partial charge >= 0.3 is 0 Å². The molecule has 1 N–H and O–H groups in total. The Balaban J connectivity index is 2.03. The second-order valence-corrected chi connectivity index (χ2v) is 5.64. The summed E-state index contributed by atoms with van der Waals surface area (Å²) in [6, 6.07) is 3.26. The Bertz CT molecular complexity index is 292. The summed E-state index contributed by atoms with van der Waals surface area (Å²) in [6.45, 7) is 4.37. The monoisotopic (exact) mass is 235 g/mol. The summed E-state index contributed by atoms with van der Waals surface area (Å²) >= 11 is 0. The first-order valence-corrected chi connectivity index (χ1v) is 7.10. The van der Waals surface area contributed by atoms with E-state index in [4.69, 9.17) is 0 Å². The van der Waals surface area contributed by atoms with Crippen LogP contribution in [0.15, 0.2) is 0 Å². The predicted molar refractivity (Wildman–Crippen MR) is 69.6 cm³/mol. The molecule has 0 bridgehead atoms. The minimum Gasteiger partial charge on any atom is -0.301 e. The molecule has 0 amide bonds. The van der Waals surface area contributed by atoms with Gasteiger partial charge in [-0.25, -0.2) is 0 Å². The van der Waals surface area contributed by atoms with Crippen molar-refractivity contribution in [3.63, 3.8) is 0 Å². The van der Waals surface area contributed by atoms with Crippen molar-refractivity contribution in [2.24, 2.45) is 5.92 Å². The molecule has 96 valence electrons. The van der Waals surface area contributed by atoms with E-state index in [9.17, 15) is 5.26 Å². The highest BCUT2D eigenvalue weighted by Gasteiger charge is 2.46. The Hall–Kier alpha value is -0.590. The van der Waals surface area contributed by atoms with Crippen molar-refractivity contribution in [1.82, 2.24) is 10.2 Å². The number of nitriles is 1. The van der Waals surface area contributed by atoms with Crippen molar-refractivity contribution in [3.8, 4) is 6.07 Å². The molecule has 1 heterocycles. The summed E-state index contributed by atoms with van der Waals surface area (Å²) in [4.78, 5) is 2.56. The normalized spacial score (nSPS) is 29.6. The number of likely N-dealkylation sites (tertiary alicyclic amines) is 1. The van der Waals surface area contributed by atoms with E-state index in [2.05, 4.69) is 23.2 Å². The lowest BCUT2D eigenvalue weighted by Gasteiger charge is -2.40. The molecule has 3 heteroatoms. The van der Waals surface area contributed by atoms with E-state index in [1.165, 1.54) is 45.1 Å². The zero-order valence-corrected chi connectivity index (χ0v) is 11.2. The fourth-order valence-electron chi connectivity index (χ4n) is 3.22. The molecule has 1 aliphatic carbocycles. The molecular formula is C14H25N3. The van der Waals surface area contributed by atoms with Crippen molar-refractivity contribution in [1.29, 1.82) is 5.26 Å². The summed E-state index contributed by atoms with van der Waals surface area (Å²) < 4.78 is 0. The van der Waals surface area contributed by atoms with E-state index in [0.717, 1.165) is 6.54 Å². The fraction of sp³-hybridized carbons (Fsp3) is 0.929. The Morgan fingerprint density at radius 1 is 1.35 bits per heavy atom. The summed E-state index contributed by atoms with van der Waals surface area (Å²) in [7, 11) is 1.95. The number of nitrogens with zero attached hydrogens (tertiary/aromatic N) is 2. The molecule has 1 saturated carbocycles. The highest BCUT2D eigenvalue weighted by atomic mass is 15.2. The van der Waals surface area contributed by atoms with E-state index in [-0.39, 0.29) is 5.54 Å². The lowest BCUT2D eigenvalue weighted by atomic mass is 9.91. The first-order chi connectivity index (χ1) is 8.25. The second-order valence-electron chi connectivity index (χ2n) is 5.64. The minimum atomic E-state index is -0.287. The third-order valence-corrected chi connectivity index (χ3v) is 4.59. The van der Waals surface area contributed by atoms with Gasteiger partial charge in [-0.1, -0.05) is 13.3 Å². The largest absolute Gasteiger partial charge is 0.301 e. The van der Waals surface area contributed by atoms with Gasteiger partial charge in [-0.2, -0.15) is 5.26 Å². The molecular weight excluding hydrogens is 210 g/mol.